The first-order chi connectivity index (χ1) is 9.45. The molecule has 1 N–H and O–H groups in total. The van der Waals surface area contributed by atoms with Crippen LogP contribution in [0.15, 0.2) is 11.6 Å². The maximum atomic E-state index is 10.7. The van der Waals surface area contributed by atoms with Gasteiger partial charge in [0.05, 0.1) is 6.10 Å². The van der Waals surface area contributed by atoms with Crippen molar-refractivity contribution < 1.29 is 5.11 Å². The van der Waals surface area contributed by atoms with Gasteiger partial charge < -0.3 is 5.11 Å². The molecule has 0 radical (unpaired) electrons. The van der Waals surface area contributed by atoms with E-state index in [1.165, 1.54) is 44.1 Å². The van der Waals surface area contributed by atoms with Crippen LogP contribution in [-0.4, -0.2) is 11.2 Å². The molecule has 1 heteroatoms. The van der Waals surface area contributed by atoms with E-state index < -0.39 is 0 Å². The summed E-state index contributed by atoms with van der Waals surface area (Å²) in [5.74, 6) is 2.63. The third-order valence-corrected chi connectivity index (χ3v) is 5.14. The molecule has 0 bridgehead atoms. The largest absolute Gasteiger partial charge is 0.389 e. The molecular formula is C19H36O. The van der Waals surface area contributed by atoms with Crippen LogP contribution in [0.4, 0.5) is 0 Å². The standard InChI is InChI=1S/C19H36O/c1-6-7-8-9-15(4)13-19(20)18-12-16(5)10-11-17(18)14(2)3/h13-14,16-20H,6-12H2,1-5H3/b15-13+/t16-,17+,18-,19-/m1/s1. The Kier molecular flexibility index (Phi) is 7.87. The fourth-order valence-corrected chi connectivity index (χ4v) is 3.82. The van der Waals surface area contributed by atoms with Gasteiger partial charge >= 0.3 is 0 Å². The zero-order valence-electron chi connectivity index (χ0n) is 14.4. The highest BCUT2D eigenvalue weighted by Crippen LogP contribution is 2.40. The van der Waals surface area contributed by atoms with E-state index in [-0.39, 0.29) is 6.10 Å². The summed E-state index contributed by atoms with van der Waals surface area (Å²) in [7, 11) is 0. The van der Waals surface area contributed by atoms with E-state index in [1.807, 2.05) is 0 Å². The molecule has 0 spiro atoms. The zero-order chi connectivity index (χ0) is 15.1. The zero-order valence-corrected chi connectivity index (χ0v) is 14.4. The molecule has 0 aromatic heterocycles. The van der Waals surface area contributed by atoms with E-state index >= 15 is 0 Å². The fourth-order valence-electron chi connectivity index (χ4n) is 3.82. The Hall–Kier alpha value is -0.300. The van der Waals surface area contributed by atoms with Crippen LogP contribution in [0.25, 0.3) is 0 Å². The van der Waals surface area contributed by atoms with Gasteiger partial charge in [-0.15, -0.1) is 0 Å². The maximum absolute atomic E-state index is 10.7. The minimum absolute atomic E-state index is 0.230. The van der Waals surface area contributed by atoms with Gasteiger partial charge in [-0.3, -0.25) is 0 Å². The van der Waals surface area contributed by atoms with E-state index in [0.29, 0.717) is 17.8 Å². The summed E-state index contributed by atoms with van der Waals surface area (Å²) in [4.78, 5) is 0. The van der Waals surface area contributed by atoms with Gasteiger partial charge in [-0.2, -0.15) is 0 Å². The van der Waals surface area contributed by atoms with Crippen molar-refractivity contribution in [2.45, 2.75) is 85.7 Å². The van der Waals surface area contributed by atoms with Gasteiger partial charge in [0.25, 0.3) is 0 Å². The minimum atomic E-state index is -0.230. The van der Waals surface area contributed by atoms with Gasteiger partial charge in [0.2, 0.25) is 0 Å². The number of allylic oxidation sites excluding steroid dienone is 1. The second kappa shape index (κ2) is 8.87. The van der Waals surface area contributed by atoms with Crippen LogP contribution in [0.5, 0.6) is 0 Å². The first kappa shape index (κ1) is 17.8. The molecule has 1 rings (SSSR count). The number of rotatable bonds is 7. The molecule has 1 fully saturated rings. The average Bonchev–Trinajstić information content (AvgIpc) is 2.38. The minimum Gasteiger partial charge on any atom is -0.389 e. The summed E-state index contributed by atoms with van der Waals surface area (Å²) in [6, 6.07) is 0. The number of aliphatic hydroxyl groups excluding tert-OH is 1. The lowest BCUT2D eigenvalue weighted by Crippen LogP contribution is -2.35. The van der Waals surface area contributed by atoms with Crippen LogP contribution >= 0.6 is 0 Å². The number of unbranched alkanes of at least 4 members (excludes halogenated alkanes) is 2. The summed E-state index contributed by atoms with van der Waals surface area (Å²) in [6.07, 6.45) is 10.7. The summed E-state index contributed by atoms with van der Waals surface area (Å²) in [6.45, 7) is 11.4. The molecule has 0 saturated heterocycles. The molecule has 20 heavy (non-hydrogen) atoms. The lowest BCUT2D eigenvalue weighted by molar-refractivity contribution is 0.0422. The Bertz CT molecular complexity index is 292. The van der Waals surface area contributed by atoms with Gasteiger partial charge in [-0.1, -0.05) is 58.6 Å². The molecule has 0 aliphatic heterocycles. The summed E-state index contributed by atoms with van der Waals surface area (Å²) in [5.41, 5.74) is 1.38. The third kappa shape index (κ3) is 5.60. The molecular weight excluding hydrogens is 244 g/mol. The summed E-state index contributed by atoms with van der Waals surface area (Å²) >= 11 is 0. The predicted octanol–water partition coefficient (Wildman–Crippen LogP) is 5.58. The topological polar surface area (TPSA) is 20.2 Å². The van der Waals surface area contributed by atoms with Crippen molar-refractivity contribution in [2.24, 2.45) is 23.7 Å². The van der Waals surface area contributed by atoms with E-state index in [2.05, 4.69) is 40.7 Å². The second-order valence-electron chi connectivity index (χ2n) is 7.45. The Balaban J connectivity index is 2.61. The molecule has 0 aromatic rings. The lowest BCUT2D eigenvalue weighted by Gasteiger charge is -2.39. The van der Waals surface area contributed by atoms with Crippen LogP contribution < -0.4 is 0 Å². The molecule has 0 unspecified atom stereocenters. The smallest absolute Gasteiger partial charge is 0.0754 e. The second-order valence-corrected chi connectivity index (χ2v) is 7.45. The number of hydrogen-bond donors (Lipinski definition) is 1. The van der Waals surface area contributed by atoms with E-state index in [0.717, 1.165) is 12.3 Å². The highest BCUT2D eigenvalue weighted by Gasteiger charge is 2.34. The van der Waals surface area contributed by atoms with Crippen molar-refractivity contribution in [1.82, 2.24) is 0 Å². The Morgan fingerprint density at radius 2 is 1.90 bits per heavy atom. The highest BCUT2D eigenvalue weighted by atomic mass is 16.3. The van der Waals surface area contributed by atoms with Gasteiger partial charge in [0, 0.05) is 0 Å². The Morgan fingerprint density at radius 3 is 2.50 bits per heavy atom. The van der Waals surface area contributed by atoms with Crippen molar-refractivity contribution in [3.8, 4) is 0 Å². The first-order valence-electron chi connectivity index (χ1n) is 8.81. The normalized spacial score (nSPS) is 29.8. The predicted molar refractivity (Wildman–Crippen MR) is 88.7 cm³/mol. The summed E-state index contributed by atoms with van der Waals surface area (Å²) in [5, 5.41) is 10.7. The Morgan fingerprint density at radius 1 is 1.20 bits per heavy atom. The van der Waals surface area contributed by atoms with E-state index in [9.17, 15) is 5.11 Å². The van der Waals surface area contributed by atoms with Crippen LogP contribution in [-0.2, 0) is 0 Å². The van der Waals surface area contributed by atoms with Gasteiger partial charge in [-0.25, -0.2) is 0 Å². The molecule has 118 valence electrons. The molecule has 1 saturated carbocycles. The maximum Gasteiger partial charge on any atom is 0.0754 e. The first-order valence-corrected chi connectivity index (χ1v) is 8.81. The van der Waals surface area contributed by atoms with Crippen LogP contribution in [0.2, 0.25) is 0 Å². The fraction of sp³-hybridized carbons (Fsp3) is 0.895. The Labute approximate surface area is 126 Å². The van der Waals surface area contributed by atoms with Crippen molar-refractivity contribution in [1.29, 1.82) is 0 Å². The quantitative estimate of drug-likeness (QED) is 0.476. The van der Waals surface area contributed by atoms with Crippen molar-refractivity contribution in [3.05, 3.63) is 11.6 Å². The monoisotopic (exact) mass is 280 g/mol. The van der Waals surface area contributed by atoms with E-state index in [1.54, 1.807) is 0 Å². The van der Waals surface area contributed by atoms with E-state index in [4.69, 9.17) is 0 Å². The van der Waals surface area contributed by atoms with Crippen molar-refractivity contribution in [3.63, 3.8) is 0 Å². The van der Waals surface area contributed by atoms with Crippen LogP contribution in [0.3, 0.4) is 0 Å². The lowest BCUT2D eigenvalue weighted by atomic mass is 9.68. The van der Waals surface area contributed by atoms with Gasteiger partial charge in [-0.05, 0) is 56.3 Å². The highest BCUT2D eigenvalue weighted by molar-refractivity contribution is 5.05. The third-order valence-electron chi connectivity index (χ3n) is 5.14. The van der Waals surface area contributed by atoms with Crippen molar-refractivity contribution in [2.75, 3.05) is 0 Å². The van der Waals surface area contributed by atoms with Crippen LogP contribution in [0.1, 0.15) is 79.6 Å². The van der Waals surface area contributed by atoms with Crippen molar-refractivity contribution >= 4 is 0 Å². The molecule has 0 heterocycles. The molecule has 4 atom stereocenters. The average molecular weight is 280 g/mol. The SMILES string of the molecule is CCCCC/C(C)=C/[C@@H](O)[C@@H]1C[C@H](C)CC[C@H]1C(C)C. The summed E-state index contributed by atoms with van der Waals surface area (Å²) < 4.78 is 0. The molecule has 0 amide bonds. The number of hydrogen-bond acceptors (Lipinski definition) is 1. The molecule has 1 aliphatic carbocycles. The van der Waals surface area contributed by atoms with Gasteiger partial charge in [0.15, 0.2) is 0 Å². The molecule has 0 aromatic carbocycles. The molecule has 1 nitrogen and oxygen atoms in total. The van der Waals surface area contributed by atoms with Crippen LogP contribution in [0, 0.1) is 23.7 Å². The number of aliphatic hydroxyl groups is 1. The van der Waals surface area contributed by atoms with Gasteiger partial charge in [0.1, 0.15) is 0 Å². The molecule has 1 aliphatic rings.